The SMILES string of the molecule is CCCCCCC[n+]1c(-c2ccccc2)c2cc(N)ccc2c2ccc(N)cc21. The number of nitrogen functional groups attached to an aromatic ring is 2. The van der Waals surface area contributed by atoms with Crippen LogP contribution in [0.1, 0.15) is 39.0 Å². The largest absolute Gasteiger partial charge is 0.399 e. The minimum atomic E-state index is 0.791. The van der Waals surface area contributed by atoms with Crippen molar-refractivity contribution in [1.29, 1.82) is 0 Å². The van der Waals surface area contributed by atoms with Crippen LogP contribution in [0.25, 0.3) is 32.9 Å². The van der Waals surface area contributed by atoms with E-state index in [-0.39, 0.29) is 0 Å². The predicted molar refractivity (Wildman–Crippen MR) is 125 cm³/mol. The second-order valence-corrected chi connectivity index (χ2v) is 7.86. The van der Waals surface area contributed by atoms with Gasteiger partial charge in [-0.1, -0.05) is 50.5 Å². The molecule has 0 radical (unpaired) electrons. The number of nitrogens with two attached hydrogens (primary N) is 2. The van der Waals surface area contributed by atoms with Crippen molar-refractivity contribution in [3.8, 4) is 11.3 Å². The highest BCUT2D eigenvalue weighted by Gasteiger charge is 2.23. The summed E-state index contributed by atoms with van der Waals surface area (Å²) in [7, 11) is 0. The zero-order valence-electron chi connectivity index (χ0n) is 17.2. The number of benzene rings is 3. The standard InChI is InChI=1S/C26H29N3/c1-2-3-4-5-9-16-29-25-18-21(28)13-15-23(25)22-14-12-20(27)17-24(22)26(29)19-10-7-6-8-11-19/h6-8,10-15,17-18,28H,2-5,9,16,27H2,1H3/p+1. The van der Waals surface area contributed by atoms with E-state index < -0.39 is 0 Å². The third-order valence-corrected chi connectivity index (χ3v) is 5.70. The molecule has 0 bridgehead atoms. The lowest BCUT2D eigenvalue weighted by molar-refractivity contribution is -0.659. The Bertz CT molecular complexity index is 1130. The molecule has 0 saturated heterocycles. The smallest absolute Gasteiger partial charge is 0.220 e. The maximum Gasteiger partial charge on any atom is 0.220 e. The molecule has 0 saturated carbocycles. The predicted octanol–water partition coefficient (Wildman–Crippen LogP) is 6.08. The van der Waals surface area contributed by atoms with E-state index in [1.807, 2.05) is 12.1 Å². The Kier molecular flexibility index (Phi) is 5.66. The summed E-state index contributed by atoms with van der Waals surface area (Å²) in [6.07, 6.45) is 6.25. The molecule has 3 nitrogen and oxygen atoms in total. The average Bonchev–Trinajstić information content (AvgIpc) is 2.74. The van der Waals surface area contributed by atoms with Crippen molar-refractivity contribution < 1.29 is 4.57 Å². The minimum Gasteiger partial charge on any atom is -0.399 e. The normalized spacial score (nSPS) is 11.3. The monoisotopic (exact) mass is 384 g/mol. The lowest BCUT2D eigenvalue weighted by Gasteiger charge is -2.13. The first-order chi connectivity index (χ1) is 14.2. The molecule has 0 aliphatic rings. The summed E-state index contributed by atoms with van der Waals surface area (Å²) in [5, 5.41) is 3.64. The van der Waals surface area contributed by atoms with Crippen molar-refractivity contribution in [3.63, 3.8) is 0 Å². The molecule has 0 amide bonds. The number of nitrogens with zero attached hydrogens (tertiary/aromatic N) is 1. The van der Waals surface area contributed by atoms with Crippen LogP contribution in [0.15, 0.2) is 66.7 Å². The lowest BCUT2D eigenvalue weighted by atomic mass is 9.98. The molecular formula is C26H30N3+. The molecule has 0 aliphatic heterocycles. The Balaban J connectivity index is 1.98. The Labute approximate surface area is 173 Å². The van der Waals surface area contributed by atoms with Gasteiger partial charge in [-0.15, -0.1) is 0 Å². The van der Waals surface area contributed by atoms with Gasteiger partial charge in [0.05, 0.1) is 10.8 Å². The second kappa shape index (κ2) is 8.52. The Hall–Kier alpha value is -3.07. The van der Waals surface area contributed by atoms with E-state index in [0.29, 0.717) is 0 Å². The lowest BCUT2D eigenvalue weighted by Crippen LogP contribution is -2.37. The zero-order valence-corrected chi connectivity index (χ0v) is 17.2. The first kappa shape index (κ1) is 19.3. The number of unbranched alkanes of at least 4 members (excludes halogenated alkanes) is 4. The molecule has 29 heavy (non-hydrogen) atoms. The molecular weight excluding hydrogens is 354 g/mol. The van der Waals surface area contributed by atoms with Crippen molar-refractivity contribution in [2.75, 3.05) is 11.5 Å². The molecule has 3 heteroatoms. The Morgan fingerprint density at radius 2 is 1.38 bits per heavy atom. The molecule has 4 aromatic rings. The maximum absolute atomic E-state index is 6.21. The van der Waals surface area contributed by atoms with Crippen LogP contribution in [-0.4, -0.2) is 0 Å². The van der Waals surface area contributed by atoms with E-state index in [2.05, 4.69) is 66.1 Å². The molecule has 4 N–H and O–H groups in total. The van der Waals surface area contributed by atoms with Crippen LogP contribution in [0.2, 0.25) is 0 Å². The van der Waals surface area contributed by atoms with Crippen molar-refractivity contribution >= 4 is 33.1 Å². The highest BCUT2D eigenvalue weighted by molar-refractivity contribution is 6.10. The molecule has 0 unspecified atom stereocenters. The van der Waals surface area contributed by atoms with Crippen LogP contribution in [0.5, 0.6) is 0 Å². The molecule has 0 fully saturated rings. The summed E-state index contributed by atoms with van der Waals surface area (Å²) >= 11 is 0. The number of anilines is 2. The number of hydrogen-bond acceptors (Lipinski definition) is 2. The van der Waals surface area contributed by atoms with Gasteiger partial charge in [0.1, 0.15) is 6.54 Å². The quantitative estimate of drug-likeness (QED) is 0.175. The van der Waals surface area contributed by atoms with Crippen LogP contribution in [-0.2, 0) is 6.54 Å². The first-order valence-corrected chi connectivity index (χ1v) is 10.7. The number of pyridine rings is 1. The number of hydrogen-bond donors (Lipinski definition) is 2. The van der Waals surface area contributed by atoms with Crippen LogP contribution >= 0.6 is 0 Å². The van der Waals surface area contributed by atoms with Gasteiger partial charge in [-0.3, -0.25) is 0 Å². The molecule has 3 aromatic carbocycles. The van der Waals surface area contributed by atoms with E-state index in [9.17, 15) is 0 Å². The average molecular weight is 385 g/mol. The fourth-order valence-corrected chi connectivity index (χ4v) is 4.27. The van der Waals surface area contributed by atoms with Crippen LogP contribution in [0.3, 0.4) is 0 Å². The summed E-state index contributed by atoms with van der Waals surface area (Å²) in [5.41, 5.74) is 17.6. The molecule has 1 heterocycles. The van der Waals surface area contributed by atoms with E-state index in [0.717, 1.165) is 24.3 Å². The van der Waals surface area contributed by atoms with Crippen LogP contribution in [0, 0.1) is 0 Å². The fraction of sp³-hybridized carbons (Fsp3) is 0.269. The van der Waals surface area contributed by atoms with E-state index in [4.69, 9.17) is 11.5 Å². The third kappa shape index (κ3) is 3.91. The molecule has 148 valence electrons. The van der Waals surface area contributed by atoms with Crippen molar-refractivity contribution in [2.45, 2.75) is 45.6 Å². The molecule has 0 aliphatic carbocycles. The summed E-state index contributed by atoms with van der Waals surface area (Å²) < 4.78 is 2.45. The highest BCUT2D eigenvalue weighted by atomic mass is 15.0. The van der Waals surface area contributed by atoms with E-state index in [1.165, 1.54) is 58.6 Å². The first-order valence-electron chi connectivity index (χ1n) is 10.7. The third-order valence-electron chi connectivity index (χ3n) is 5.70. The zero-order chi connectivity index (χ0) is 20.2. The van der Waals surface area contributed by atoms with Crippen LogP contribution in [0.4, 0.5) is 11.4 Å². The second-order valence-electron chi connectivity index (χ2n) is 7.86. The van der Waals surface area contributed by atoms with Gasteiger partial charge in [-0.2, -0.15) is 4.57 Å². The summed E-state index contributed by atoms with van der Waals surface area (Å²) in [5.74, 6) is 0. The van der Waals surface area contributed by atoms with E-state index in [1.54, 1.807) is 0 Å². The van der Waals surface area contributed by atoms with Crippen molar-refractivity contribution in [1.82, 2.24) is 0 Å². The van der Waals surface area contributed by atoms with Gasteiger partial charge in [0.25, 0.3) is 0 Å². The van der Waals surface area contributed by atoms with Crippen molar-refractivity contribution in [2.24, 2.45) is 0 Å². The molecule has 1 aromatic heterocycles. The van der Waals surface area contributed by atoms with Crippen LogP contribution < -0.4 is 16.0 Å². The summed E-state index contributed by atoms with van der Waals surface area (Å²) in [6, 6.07) is 23.1. The van der Waals surface area contributed by atoms with E-state index >= 15 is 0 Å². The van der Waals surface area contributed by atoms with Gasteiger partial charge in [0.15, 0.2) is 0 Å². The van der Waals surface area contributed by atoms with Gasteiger partial charge in [0.2, 0.25) is 11.2 Å². The van der Waals surface area contributed by atoms with Gasteiger partial charge in [0, 0.05) is 34.8 Å². The molecule has 0 atom stereocenters. The Morgan fingerprint density at radius 3 is 2.14 bits per heavy atom. The van der Waals surface area contributed by atoms with Gasteiger partial charge in [-0.25, -0.2) is 0 Å². The molecule has 0 spiro atoms. The summed E-state index contributed by atoms with van der Waals surface area (Å²) in [4.78, 5) is 0. The van der Waals surface area contributed by atoms with Gasteiger partial charge < -0.3 is 11.5 Å². The van der Waals surface area contributed by atoms with Crippen molar-refractivity contribution in [3.05, 3.63) is 66.7 Å². The van der Waals surface area contributed by atoms with Gasteiger partial charge in [-0.05, 0) is 42.8 Å². The molecule has 4 rings (SSSR count). The highest BCUT2D eigenvalue weighted by Crippen LogP contribution is 2.33. The minimum absolute atomic E-state index is 0.791. The number of fused-ring (bicyclic) bond motifs is 3. The fourth-order valence-electron chi connectivity index (χ4n) is 4.27. The number of aromatic nitrogens is 1. The van der Waals surface area contributed by atoms with Gasteiger partial charge >= 0.3 is 0 Å². The maximum atomic E-state index is 6.21. The number of rotatable bonds is 7. The summed E-state index contributed by atoms with van der Waals surface area (Å²) in [6.45, 7) is 3.23. The topological polar surface area (TPSA) is 55.9 Å². The Morgan fingerprint density at radius 1 is 0.690 bits per heavy atom. The number of aryl methyl sites for hydroxylation is 1.